The molecule has 416 valence electrons. The molecule has 0 amide bonds. The highest BCUT2D eigenvalue weighted by molar-refractivity contribution is 6.12. The van der Waals surface area contributed by atoms with E-state index >= 15 is 0 Å². The van der Waals surface area contributed by atoms with Crippen molar-refractivity contribution in [3.63, 3.8) is 0 Å². The van der Waals surface area contributed by atoms with Crippen molar-refractivity contribution >= 4 is 54.6 Å². The third-order valence-electron chi connectivity index (χ3n) is 17.2. The fraction of sp³-hybridized carbons (Fsp3) is 0.165. The van der Waals surface area contributed by atoms with Crippen LogP contribution in [-0.2, 0) is 10.8 Å². The van der Waals surface area contributed by atoms with E-state index in [1.54, 1.807) is 0 Å². The first-order valence-corrected chi connectivity index (χ1v) is 29.5. The van der Waals surface area contributed by atoms with Crippen molar-refractivity contribution in [2.75, 3.05) is 0 Å². The van der Waals surface area contributed by atoms with Crippen LogP contribution in [0, 0.1) is 12.2 Å². The Morgan fingerprint density at radius 3 is 1.81 bits per heavy atom. The van der Waals surface area contributed by atoms with Gasteiger partial charge in [0, 0.05) is 39.5 Å². The van der Waals surface area contributed by atoms with Crippen LogP contribution in [-0.4, -0.2) is 18.7 Å². The molecule has 0 bridgehead atoms. The topological polar surface area (TPSA) is 40.8 Å². The van der Waals surface area contributed by atoms with Gasteiger partial charge in [0.25, 0.3) is 6.33 Å². The third kappa shape index (κ3) is 9.56. The number of rotatable bonds is 11. The zero-order valence-electron chi connectivity index (χ0n) is 54.5. The van der Waals surface area contributed by atoms with E-state index in [1.807, 2.05) is 76.0 Å². The Hall–Kier alpha value is -9.78. The molecule has 0 N–H and O–H groups in total. The van der Waals surface area contributed by atoms with Crippen molar-refractivity contribution in [1.82, 2.24) is 18.7 Å². The fourth-order valence-corrected chi connectivity index (χ4v) is 12.2. The van der Waals surface area contributed by atoms with Crippen molar-refractivity contribution < 1.29 is 16.2 Å². The van der Waals surface area contributed by atoms with Crippen LogP contribution < -0.4 is 9.30 Å². The monoisotopic (exact) mass is 1110 g/mol. The van der Waals surface area contributed by atoms with Crippen LogP contribution in [0.1, 0.15) is 91.8 Å². The largest absolute Gasteiger partial charge is 0.458 e. The molecular formula is C79H69N5O. The summed E-state index contributed by atoms with van der Waals surface area (Å²) in [7, 11) is 0. The van der Waals surface area contributed by atoms with E-state index in [4.69, 9.17) is 13.8 Å². The van der Waals surface area contributed by atoms with Gasteiger partial charge in [0.2, 0.25) is 0 Å². The molecule has 4 heterocycles. The van der Waals surface area contributed by atoms with Gasteiger partial charge in [-0.1, -0.05) is 214 Å². The molecule has 0 aliphatic rings. The summed E-state index contributed by atoms with van der Waals surface area (Å²) in [4.78, 5) is 5.07. The number of ether oxygens (including phenoxy) is 1. The maximum atomic E-state index is 9.44. The van der Waals surface area contributed by atoms with Crippen LogP contribution in [0.15, 0.2) is 243 Å². The zero-order chi connectivity index (χ0) is 62.7. The summed E-state index contributed by atoms with van der Waals surface area (Å²) >= 11 is 0. The number of benzene rings is 10. The second-order valence-corrected chi connectivity index (χ2v) is 25.0. The Morgan fingerprint density at radius 1 is 0.471 bits per heavy atom. The Labute approximate surface area is 505 Å². The van der Waals surface area contributed by atoms with E-state index in [0.717, 1.165) is 94.4 Å². The van der Waals surface area contributed by atoms with Gasteiger partial charge in [0.15, 0.2) is 0 Å². The number of fused-ring (bicyclic) bond motifs is 7. The highest BCUT2D eigenvalue weighted by Crippen LogP contribution is 2.42. The molecule has 0 saturated heterocycles. The first-order chi connectivity index (χ1) is 43.2. The molecule has 0 aliphatic carbocycles. The first kappa shape index (κ1) is 47.7. The third-order valence-corrected chi connectivity index (χ3v) is 17.2. The number of para-hydroxylation sites is 3. The lowest BCUT2D eigenvalue weighted by atomic mass is 9.78. The molecule has 0 radical (unpaired) electrons. The molecule has 6 heteroatoms. The molecular weight excluding hydrogens is 1030 g/mol. The van der Waals surface area contributed by atoms with Crippen LogP contribution in [0.5, 0.6) is 11.5 Å². The molecule has 1 unspecified atom stereocenters. The van der Waals surface area contributed by atoms with Crippen LogP contribution in [0.4, 0.5) is 0 Å². The standard InChI is InChI=1S/C79H69N5O/c1-51(2)52(3)55-40-41-80-76(45-55)84-72-39-35-61(83-70-32-18-16-28-66(70)67-29-17-19-33-71(67)83)48-69(72)68-37-36-63(49-74(68)84)85-62-27-20-26-60(47-62)81-50-82(75-44-56(34-38-73(75)81)53-22-12-10-13-23-53)77-64(54-24-14-11-15-25-54)30-21-31-65(77)57-42-58(78(4,5)6)46-59(43-57)79(7,8)9/h10-49,51-52H,1-9H3/i11D,14D,15D,24D,25D. The van der Waals surface area contributed by atoms with E-state index in [-0.39, 0.29) is 28.5 Å². The van der Waals surface area contributed by atoms with E-state index in [2.05, 4.69) is 223 Å². The Kier molecular flexibility index (Phi) is 11.7. The van der Waals surface area contributed by atoms with Gasteiger partial charge in [-0.15, -0.1) is 0 Å². The summed E-state index contributed by atoms with van der Waals surface area (Å²) in [6.07, 6.45) is 5.74. The predicted molar refractivity (Wildman–Crippen MR) is 354 cm³/mol. The molecule has 0 fully saturated rings. The minimum absolute atomic E-state index is 0.102. The lowest BCUT2D eigenvalue weighted by molar-refractivity contribution is -0.571. The van der Waals surface area contributed by atoms with Crippen molar-refractivity contribution in [2.45, 2.75) is 79.1 Å². The molecule has 10 aromatic carbocycles. The summed E-state index contributed by atoms with van der Waals surface area (Å²) in [6.45, 7) is 20.1. The molecule has 6 nitrogen and oxygen atoms in total. The quantitative estimate of drug-likeness (QED) is 0.0957. The lowest BCUT2D eigenvalue weighted by Crippen LogP contribution is -2.31. The fourth-order valence-electron chi connectivity index (χ4n) is 12.2. The molecule has 85 heavy (non-hydrogen) atoms. The van der Waals surface area contributed by atoms with E-state index in [0.29, 0.717) is 34.6 Å². The van der Waals surface area contributed by atoms with Gasteiger partial charge < -0.3 is 9.30 Å². The summed E-state index contributed by atoms with van der Waals surface area (Å²) in [6, 6.07) is 70.1. The molecule has 0 saturated carbocycles. The van der Waals surface area contributed by atoms with Crippen molar-refractivity contribution in [2.24, 2.45) is 5.92 Å². The van der Waals surface area contributed by atoms with Crippen LogP contribution >= 0.6 is 0 Å². The van der Waals surface area contributed by atoms with Crippen LogP contribution in [0.3, 0.4) is 0 Å². The first-order valence-electron chi connectivity index (χ1n) is 32.0. The second kappa shape index (κ2) is 20.8. The number of imidazole rings is 1. The van der Waals surface area contributed by atoms with Gasteiger partial charge in [-0.3, -0.25) is 13.7 Å². The highest BCUT2D eigenvalue weighted by Gasteiger charge is 2.26. The predicted octanol–water partition coefficient (Wildman–Crippen LogP) is 20.4. The van der Waals surface area contributed by atoms with E-state index in [1.165, 1.54) is 16.3 Å². The molecule has 1 atom stereocenters. The number of hydrogen-bond acceptors (Lipinski definition) is 2. The van der Waals surface area contributed by atoms with Crippen molar-refractivity contribution in [3.8, 4) is 67.8 Å². The van der Waals surface area contributed by atoms with Crippen LogP contribution in [0.2, 0.25) is 0 Å². The number of pyridine rings is 1. The zero-order valence-corrected chi connectivity index (χ0v) is 49.5. The number of hydrogen-bond donors (Lipinski definition) is 0. The SMILES string of the molecule is [2H]c1c([2H])c([2H])c(-c2cccc(-c3cc(C(C)(C)C)cc(C(C)(C)C)c3)c2-[n+]2[c-]n(-c3cccc(Oc4ccc5c6cc(-n7c8ccccc8c8ccccc87)ccc6n(-c6cc(C(C)C(C)C)ccn6)c5c4)c3)c3ccc(-c4ccccc4)cc32)c([2H])c1[2H]. The summed E-state index contributed by atoms with van der Waals surface area (Å²) < 4.78 is 61.1. The molecule has 4 aromatic heterocycles. The highest BCUT2D eigenvalue weighted by atomic mass is 16.5. The molecule has 0 aliphatic heterocycles. The van der Waals surface area contributed by atoms with E-state index in [9.17, 15) is 2.74 Å². The van der Waals surface area contributed by atoms with Crippen molar-refractivity contribution in [3.05, 3.63) is 266 Å². The van der Waals surface area contributed by atoms with Gasteiger partial charge in [-0.05, 0) is 152 Å². The smallest absolute Gasteiger partial charge is 0.269 e. The van der Waals surface area contributed by atoms with Gasteiger partial charge >= 0.3 is 0 Å². The molecule has 14 aromatic rings. The van der Waals surface area contributed by atoms with Crippen LogP contribution in [0.25, 0.3) is 111 Å². The number of aromatic nitrogens is 5. The average molecular weight is 1110 g/mol. The second-order valence-electron chi connectivity index (χ2n) is 25.0. The van der Waals surface area contributed by atoms with E-state index < -0.39 is 18.1 Å². The Balaban J connectivity index is 0.954. The molecule has 14 rings (SSSR count). The van der Waals surface area contributed by atoms with Gasteiger partial charge in [0.05, 0.1) is 51.3 Å². The van der Waals surface area contributed by atoms with Gasteiger partial charge in [-0.2, -0.15) is 0 Å². The summed E-state index contributed by atoms with van der Waals surface area (Å²) in [5, 5.41) is 4.57. The van der Waals surface area contributed by atoms with Gasteiger partial charge in [0.1, 0.15) is 17.3 Å². The Bertz CT molecular complexity index is 5080. The minimum Gasteiger partial charge on any atom is -0.458 e. The van der Waals surface area contributed by atoms with Gasteiger partial charge in [-0.25, -0.2) is 4.98 Å². The maximum absolute atomic E-state index is 9.44. The lowest BCUT2D eigenvalue weighted by Gasteiger charge is -2.27. The van der Waals surface area contributed by atoms with Crippen molar-refractivity contribution in [1.29, 1.82) is 0 Å². The average Bonchev–Trinajstić information content (AvgIpc) is 1.53. The summed E-state index contributed by atoms with van der Waals surface area (Å²) in [5.41, 5.74) is 15.7. The summed E-state index contributed by atoms with van der Waals surface area (Å²) in [5.74, 6) is 2.83. The minimum atomic E-state index is -0.449. The number of nitrogens with zero attached hydrogens (tertiary/aromatic N) is 5. The normalized spacial score (nSPS) is 13.4. The molecule has 0 spiro atoms. The Morgan fingerprint density at radius 2 is 1.11 bits per heavy atom. The maximum Gasteiger partial charge on any atom is 0.269 e.